The summed E-state index contributed by atoms with van der Waals surface area (Å²) in [5, 5.41) is 7.20. The highest BCUT2D eigenvalue weighted by Gasteiger charge is 2.23. The van der Waals surface area contributed by atoms with E-state index in [4.69, 9.17) is 0 Å². The molecule has 1 aromatic carbocycles. The van der Waals surface area contributed by atoms with E-state index in [0.717, 1.165) is 11.5 Å². The van der Waals surface area contributed by atoms with Gasteiger partial charge in [-0.05, 0) is 55.0 Å². The largest absolute Gasteiger partial charge is 0.346 e. The summed E-state index contributed by atoms with van der Waals surface area (Å²) >= 11 is 0. The molecule has 2 aromatic heterocycles. The molecule has 1 aliphatic carbocycles. The SMILES string of the molecule is CC(NC(=O)c1ccnc(-n2cccn2)c1)c1ccc(C2CC2)cc1. The van der Waals surface area contributed by atoms with Crippen LogP contribution in [0.5, 0.6) is 0 Å². The van der Waals surface area contributed by atoms with Crippen LogP contribution in [0.15, 0.2) is 61.1 Å². The fourth-order valence-electron chi connectivity index (χ4n) is 2.93. The molecule has 0 radical (unpaired) electrons. The zero-order valence-electron chi connectivity index (χ0n) is 14.1. The van der Waals surface area contributed by atoms with Crippen LogP contribution in [0.3, 0.4) is 0 Å². The van der Waals surface area contributed by atoms with Gasteiger partial charge in [-0.25, -0.2) is 9.67 Å². The first-order valence-corrected chi connectivity index (χ1v) is 8.57. The third-order valence-corrected chi connectivity index (χ3v) is 4.58. The summed E-state index contributed by atoms with van der Waals surface area (Å²) < 4.78 is 1.64. The third-order valence-electron chi connectivity index (χ3n) is 4.58. The Balaban J connectivity index is 1.46. The molecule has 0 aliphatic heterocycles. The van der Waals surface area contributed by atoms with Crippen molar-refractivity contribution in [3.63, 3.8) is 0 Å². The lowest BCUT2D eigenvalue weighted by Crippen LogP contribution is -2.26. The fraction of sp³-hybridized carbons (Fsp3) is 0.250. The van der Waals surface area contributed by atoms with Gasteiger partial charge in [-0.3, -0.25) is 4.79 Å². The highest BCUT2D eigenvalue weighted by atomic mass is 16.1. The average Bonchev–Trinajstić information content (AvgIpc) is 3.36. The molecule has 0 bridgehead atoms. The van der Waals surface area contributed by atoms with Crippen LogP contribution in [0.4, 0.5) is 0 Å². The molecule has 1 atom stereocenters. The number of aromatic nitrogens is 3. The third kappa shape index (κ3) is 3.45. The Morgan fingerprint density at radius 1 is 1.20 bits per heavy atom. The van der Waals surface area contributed by atoms with E-state index in [9.17, 15) is 4.79 Å². The van der Waals surface area contributed by atoms with Crippen molar-refractivity contribution in [1.29, 1.82) is 0 Å². The lowest BCUT2D eigenvalue weighted by Gasteiger charge is -2.15. The Kier molecular flexibility index (Phi) is 4.06. The monoisotopic (exact) mass is 332 g/mol. The first-order chi connectivity index (χ1) is 12.2. The lowest BCUT2D eigenvalue weighted by molar-refractivity contribution is 0.0939. The second kappa shape index (κ2) is 6.51. The zero-order chi connectivity index (χ0) is 17.2. The van der Waals surface area contributed by atoms with Gasteiger partial charge < -0.3 is 5.32 Å². The van der Waals surface area contributed by atoms with Gasteiger partial charge in [0.05, 0.1) is 6.04 Å². The number of carbonyl (C=O) groups excluding carboxylic acids is 1. The van der Waals surface area contributed by atoms with Gasteiger partial charge in [0.1, 0.15) is 0 Å². The summed E-state index contributed by atoms with van der Waals surface area (Å²) in [5.41, 5.74) is 3.08. The van der Waals surface area contributed by atoms with Crippen molar-refractivity contribution in [2.24, 2.45) is 0 Å². The van der Waals surface area contributed by atoms with Gasteiger partial charge in [0.2, 0.25) is 0 Å². The van der Waals surface area contributed by atoms with Gasteiger partial charge in [0.25, 0.3) is 5.91 Å². The summed E-state index contributed by atoms with van der Waals surface area (Å²) in [5.74, 6) is 1.25. The predicted octanol–water partition coefficient (Wildman–Crippen LogP) is 3.64. The standard InChI is InChI=1S/C20H20N4O/c1-14(15-3-5-16(6-4-15)17-7-8-17)23-20(25)18-9-11-21-19(13-18)24-12-2-10-22-24/h2-6,9-14,17H,7-8H2,1H3,(H,23,25). The molecule has 25 heavy (non-hydrogen) atoms. The summed E-state index contributed by atoms with van der Waals surface area (Å²) in [4.78, 5) is 16.8. The molecule has 1 amide bonds. The van der Waals surface area contributed by atoms with E-state index >= 15 is 0 Å². The maximum Gasteiger partial charge on any atom is 0.251 e. The topological polar surface area (TPSA) is 59.8 Å². The van der Waals surface area contributed by atoms with Crippen molar-refractivity contribution >= 4 is 5.91 Å². The Morgan fingerprint density at radius 2 is 2.00 bits per heavy atom. The minimum atomic E-state index is -0.116. The van der Waals surface area contributed by atoms with Crippen molar-refractivity contribution in [2.75, 3.05) is 0 Å². The average molecular weight is 332 g/mol. The fourth-order valence-corrected chi connectivity index (χ4v) is 2.93. The van der Waals surface area contributed by atoms with E-state index in [1.165, 1.54) is 18.4 Å². The summed E-state index contributed by atoms with van der Waals surface area (Å²) in [6, 6.07) is 13.8. The Morgan fingerprint density at radius 3 is 2.68 bits per heavy atom. The van der Waals surface area contributed by atoms with Crippen molar-refractivity contribution in [3.8, 4) is 5.82 Å². The van der Waals surface area contributed by atoms with Crippen LogP contribution < -0.4 is 5.32 Å². The number of hydrogen-bond acceptors (Lipinski definition) is 3. The molecule has 1 unspecified atom stereocenters. The highest BCUT2D eigenvalue weighted by Crippen LogP contribution is 2.40. The molecule has 5 heteroatoms. The van der Waals surface area contributed by atoms with Gasteiger partial charge in [-0.1, -0.05) is 24.3 Å². The molecule has 1 saturated carbocycles. The number of benzene rings is 1. The van der Waals surface area contributed by atoms with E-state index < -0.39 is 0 Å². The van der Waals surface area contributed by atoms with Crippen LogP contribution in [0.1, 0.15) is 53.2 Å². The van der Waals surface area contributed by atoms with Crippen molar-refractivity contribution in [3.05, 3.63) is 77.7 Å². The predicted molar refractivity (Wildman–Crippen MR) is 95.7 cm³/mol. The smallest absolute Gasteiger partial charge is 0.251 e. The van der Waals surface area contributed by atoms with Gasteiger partial charge in [0.15, 0.2) is 5.82 Å². The Labute approximate surface area is 146 Å². The number of carbonyl (C=O) groups is 1. The maximum absolute atomic E-state index is 12.6. The van der Waals surface area contributed by atoms with E-state index in [0.29, 0.717) is 11.4 Å². The first kappa shape index (κ1) is 15.6. The van der Waals surface area contributed by atoms with Crippen LogP contribution in [0.2, 0.25) is 0 Å². The molecule has 1 fully saturated rings. The summed E-state index contributed by atoms with van der Waals surface area (Å²) in [6.45, 7) is 2.00. The lowest BCUT2D eigenvalue weighted by atomic mass is 10.0. The summed E-state index contributed by atoms with van der Waals surface area (Å²) in [6.07, 6.45) is 7.70. The maximum atomic E-state index is 12.6. The molecule has 0 spiro atoms. The number of nitrogens with one attached hydrogen (secondary N) is 1. The number of hydrogen-bond donors (Lipinski definition) is 1. The van der Waals surface area contributed by atoms with Gasteiger partial charge in [-0.15, -0.1) is 0 Å². The molecular weight excluding hydrogens is 312 g/mol. The molecule has 0 saturated heterocycles. The van der Waals surface area contributed by atoms with Crippen LogP contribution in [-0.4, -0.2) is 20.7 Å². The molecule has 2 heterocycles. The molecular formula is C20H20N4O. The van der Waals surface area contributed by atoms with Crippen LogP contribution in [-0.2, 0) is 0 Å². The highest BCUT2D eigenvalue weighted by molar-refractivity contribution is 5.94. The van der Waals surface area contributed by atoms with Crippen LogP contribution in [0.25, 0.3) is 5.82 Å². The molecule has 5 nitrogen and oxygen atoms in total. The quantitative estimate of drug-likeness (QED) is 0.776. The second-order valence-electron chi connectivity index (χ2n) is 6.49. The molecule has 1 aliphatic rings. The van der Waals surface area contributed by atoms with E-state index in [-0.39, 0.29) is 11.9 Å². The van der Waals surface area contributed by atoms with Crippen molar-refractivity contribution < 1.29 is 4.79 Å². The molecule has 1 N–H and O–H groups in total. The summed E-state index contributed by atoms with van der Waals surface area (Å²) in [7, 11) is 0. The second-order valence-corrected chi connectivity index (χ2v) is 6.49. The number of nitrogens with zero attached hydrogens (tertiary/aromatic N) is 3. The van der Waals surface area contributed by atoms with E-state index in [2.05, 4.69) is 39.7 Å². The minimum absolute atomic E-state index is 0.0536. The van der Waals surface area contributed by atoms with E-state index in [1.54, 1.807) is 35.4 Å². The molecule has 3 aromatic rings. The Hall–Kier alpha value is -2.95. The van der Waals surface area contributed by atoms with Gasteiger partial charge in [-0.2, -0.15) is 5.10 Å². The van der Waals surface area contributed by atoms with Gasteiger partial charge in [0, 0.05) is 24.2 Å². The first-order valence-electron chi connectivity index (χ1n) is 8.57. The zero-order valence-corrected chi connectivity index (χ0v) is 14.1. The molecule has 126 valence electrons. The normalized spacial score (nSPS) is 14.9. The number of amides is 1. The van der Waals surface area contributed by atoms with Crippen LogP contribution in [0, 0.1) is 0 Å². The van der Waals surface area contributed by atoms with Crippen LogP contribution >= 0.6 is 0 Å². The van der Waals surface area contributed by atoms with Gasteiger partial charge >= 0.3 is 0 Å². The molecule has 4 rings (SSSR count). The number of rotatable bonds is 5. The van der Waals surface area contributed by atoms with Crippen molar-refractivity contribution in [1.82, 2.24) is 20.1 Å². The number of pyridine rings is 1. The minimum Gasteiger partial charge on any atom is -0.346 e. The van der Waals surface area contributed by atoms with E-state index in [1.807, 2.05) is 13.0 Å². The Bertz CT molecular complexity index is 867. The van der Waals surface area contributed by atoms with Crippen molar-refractivity contribution in [2.45, 2.75) is 31.7 Å².